The molecule has 9 heavy (non-hydrogen) atoms. The second-order valence-corrected chi connectivity index (χ2v) is 3.87. The molecule has 1 fully saturated rings. The van der Waals surface area contributed by atoms with Crippen molar-refractivity contribution >= 4 is 22.5 Å². The summed E-state index contributed by atoms with van der Waals surface area (Å²) in [7, 11) is 1.66. The van der Waals surface area contributed by atoms with E-state index in [1.54, 1.807) is 10.8 Å². The van der Waals surface area contributed by atoms with Gasteiger partial charge in [-0.3, -0.25) is 0 Å². The van der Waals surface area contributed by atoms with Gasteiger partial charge in [0.15, 0.2) is 0 Å². The van der Waals surface area contributed by atoms with Gasteiger partial charge in [-0.2, -0.15) is 0 Å². The van der Waals surface area contributed by atoms with Crippen molar-refractivity contribution in [3.05, 3.63) is 0 Å². The van der Waals surface area contributed by atoms with Crippen LogP contribution in [0.2, 0.25) is 0 Å². The minimum atomic E-state index is 0.876. The van der Waals surface area contributed by atoms with Crippen LogP contribution in [0.4, 0.5) is 0 Å². The molecule has 0 spiro atoms. The highest BCUT2D eigenvalue weighted by Gasteiger charge is 2.11. The van der Waals surface area contributed by atoms with Gasteiger partial charge in [0.2, 0.25) is 0 Å². The molecular formula is C6H13NS2. The van der Waals surface area contributed by atoms with Gasteiger partial charge < -0.3 is 5.32 Å². The summed E-state index contributed by atoms with van der Waals surface area (Å²) in [5.41, 5.74) is 0. The van der Waals surface area contributed by atoms with Gasteiger partial charge in [0.25, 0.3) is 0 Å². The van der Waals surface area contributed by atoms with E-state index >= 15 is 0 Å². The number of nitrogens with one attached hydrogen (secondary N) is 1. The maximum absolute atomic E-state index is 4.12. The van der Waals surface area contributed by atoms with E-state index in [-0.39, 0.29) is 0 Å². The molecular weight excluding hydrogens is 150 g/mol. The Morgan fingerprint density at radius 2 is 2.56 bits per heavy atom. The topological polar surface area (TPSA) is 12.0 Å². The molecule has 54 valence electrons. The molecule has 0 radical (unpaired) electrons. The number of piperidine rings is 1. The Labute approximate surface area is 65.8 Å². The van der Waals surface area contributed by atoms with Crippen LogP contribution in [-0.2, 0) is 0 Å². The van der Waals surface area contributed by atoms with Gasteiger partial charge in [-0.15, -0.1) is 11.7 Å². The van der Waals surface area contributed by atoms with E-state index < -0.39 is 0 Å². The molecule has 1 N–H and O–H groups in total. The Kier molecular flexibility index (Phi) is 3.86. The molecule has 1 rings (SSSR count). The third-order valence-corrected chi connectivity index (χ3v) is 2.78. The van der Waals surface area contributed by atoms with Crippen LogP contribution in [0.25, 0.3) is 0 Å². The highest BCUT2D eigenvalue weighted by molar-refractivity contribution is 8.68. The summed E-state index contributed by atoms with van der Waals surface area (Å²) in [5.74, 6) is 2.08. The van der Waals surface area contributed by atoms with Crippen LogP contribution in [0.1, 0.15) is 12.8 Å². The van der Waals surface area contributed by atoms with E-state index in [1.807, 2.05) is 0 Å². The third kappa shape index (κ3) is 2.83. The molecule has 1 aliphatic rings. The van der Waals surface area contributed by atoms with E-state index in [2.05, 4.69) is 17.0 Å². The normalized spacial score (nSPS) is 28.3. The first-order chi connectivity index (χ1) is 4.43. The standard InChI is InChI=1S/C6H13NS2/c8-9-5-6-2-1-3-7-4-6/h6-8H,1-5H2/t6-/m1/s1. The maximum Gasteiger partial charge on any atom is 0.00749 e. The Morgan fingerprint density at radius 1 is 1.67 bits per heavy atom. The predicted octanol–water partition coefficient (Wildman–Crippen LogP) is 1.56. The molecule has 0 amide bonds. The number of thiol groups is 1. The number of rotatable bonds is 2. The van der Waals surface area contributed by atoms with Crippen LogP contribution in [0.15, 0.2) is 0 Å². The van der Waals surface area contributed by atoms with Crippen LogP contribution in [0.3, 0.4) is 0 Å². The summed E-state index contributed by atoms with van der Waals surface area (Å²) in [4.78, 5) is 0. The second-order valence-electron chi connectivity index (χ2n) is 2.51. The average Bonchev–Trinajstić information content (AvgIpc) is 1.91. The Hall–Kier alpha value is 0.660. The molecule has 0 unspecified atom stereocenters. The fourth-order valence-corrected chi connectivity index (χ4v) is 2.30. The van der Waals surface area contributed by atoms with Crippen molar-refractivity contribution in [1.29, 1.82) is 0 Å². The van der Waals surface area contributed by atoms with Gasteiger partial charge >= 0.3 is 0 Å². The van der Waals surface area contributed by atoms with Gasteiger partial charge in [-0.05, 0) is 31.8 Å². The molecule has 3 heteroatoms. The van der Waals surface area contributed by atoms with Crippen LogP contribution >= 0.6 is 22.5 Å². The second kappa shape index (κ2) is 4.47. The van der Waals surface area contributed by atoms with Crippen LogP contribution in [-0.4, -0.2) is 18.8 Å². The largest absolute Gasteiger partial charge is 0.316 e. The summed E-state index contributed by atoms with van der Waals surface area (Å²) >= 11 is 4.12. The van der Waals surface area contributed by atoms with E-state index in [1.165, 1.54) is 31.7 Å². The first kappa shape index (κ1) is 7.76. The van der Waals surface area contributed by atoms with E-state index in [4.69, 9.17) is 0 Å². The first-order valence-electron chi connectivity index (χ1n) is 3.40. The van der Waals surface area contributed by atoms with Crippen molar-refractivity contribution in [2.24, 2.45) is 5.92 Å². The zero-order valence-corrected chi connectivity index (χ0v) is 7.18. The SMILES string of the molecule is SSC[C@@H]1CCCNC1. The number of hydrogen-bond acceptors (Lipinski definition) is 3. The minimum absolute atomic E-state index is 0.876. The molecule has 1 nitrogen and oxygen atoms in total. The Balaban J connectivity index is 2.08. The monoisotopic (exact) mass is 163 g/mol. The number of hydrogen-bond donors (Lipinski definition) is 2. The lowest BCUT2D eigenvalue weighted by Gasteiger charge is -2.20. The van der Waals surface area contributed by atoms with Crippen molar-refractivity contribution in [3.8, 4) is 0 Å². The van der Waals surface area contributed by atoms with Crippen molar-refractivity contribution in [1.82, 2.24) is 5.32 Å². The molecule has 0 aromatic rings. The van der Waals surface area contributed by atoms with Crippen molar-refractivity contribution in [2.75, 3.05) is 18.8 Å². The predicted molar refractivity (Wildman–Crippen MR) is 47.0 cm³/mol. The van der Waals surface area contributed by atoms with Crippen LogP contribution < -0.4 is 5.32 Å². The summed E-state index contributed by atoms with van der Waals surface area (Å²) in [6, 6.07) is 0. The lowest BCUT2D eigenvalue weighted by Crippen LogP contribution is -2.30. The maximum atomic E-state index is 4.12. The molecule has 1 heterocycles. The lowest BCUT2D eigenvalue weighted by atomic mass is 10.0. The molecule has 0 bridgehead atoms. The molecule has 0 aliphatic carbocycles. The molecule has 1 saturated heterocycles. The average molecular weight is 163 g/mol. The van der Waals surface area contributed by atoms with Gasteiger partial charge in [-0.1, -0.05) is 10.8 Å². The Bertz CT molecular complexity index is 68.7. The highest BCUT2D eigenvalue weighted by Crippen LogP contribution is 2.17. The smallest absolute Gasteiger partial charge is 0.00749 e. The fourth-order valence-electron chi connectivity index (χ4n) is 1.17. The van der Waals surface area contributed by atoms with Gasteiger partial charge in [0, 0.05) is 5.75 Å². The van der Waals surface area contributed by atoms with E-state index in [0.717, 1.165) is 5.92 Å². The Morgan fingerprint density at radius 3 is 3.11 bits per heavy atom. The summed E-state index contributed by atoms with van der Waals surface area (Å²) in [6.07, 6.45) is 2.74. The first-order valence-corrected chi connectivity index (χ1v) is 5.44. The van der Waals surface area contributed by atoms with Crippen molar-refractivity contribution in [2.45, 2.75) is 12.8 Å². The van der Waals surface area contributed by atoms with Gasteiger partial charge in [0.05, 0.1) is 0 Å². The summed E-state index contributed by atoms with van der Waals surface area (Å²) in [5, 5.41) is 3.37. The van der Waals surface area contributed by atoms with Crippen molar-refractivity contribution in [3.63, 3.8) is 0 Å². The molecule has 0 aromatic heterocycles. The zero-order chi connectivity index (χ0) is 6.53. The lowest BCUT2D eigenvalue weighted by molar-refractivity contribution is 0.411. The van der Waals surface area contributed by atoms with Crippen LogP contribution in [0.5, 0.6) is 0 Å². The molecule has 0 saturated carbocycles. The van der Waals surface area contributed by atoms with Gasteiger partial charge in [0.1, 0.15) is 0 Å². The molecule has 1 atom stereocenters. The van der Waals surface area contributed by atoms with Crippen LogP contribution in [0, 0.1) is 5.92 Å². The zero-order valence-electron chi connectivity index (χ0n) is 5.47. The molecule has 0 aromatic carbocycles. The minimum Gasteiger partial charge on any atom is -0.316 e. The van der Waals surface area contributed by atoms with E-state index in [0.29, 0.717) is 0 Å². The van der Waals surface area contributed by atoms with Gasteiger partial charge in [-0.25, -0.2) is 0 Å². The third-order valence-electron chi connectivity index (χ3n) is 1.71. The van der Waals surface area contributed by atoms with Crippen molar-refractivity contribution < 1.29 is 0 Å². The quantitative estimate of drug-likeness (QED) is 0.473. The summed E-state index contributed by atoms with van der Waals surface area (Å²) in [6.45, 7) is 2.42. The fraction of sp³-hybridized carbons (Fsp3) is 1.00. The molecule has 1 aliphatic heterocycles. The summed E-state index contributed by atoms with van der Waals surface area (Å²) < 4.78 is 0. The highest BCUT2D eigenvalue weighted by atomic mass is 33.1. The van der Waals surface area contributed by atoms with E-state index in [9.17, 15) is 0 Å².